The molecular formula is C24H28BrN7O. The maximum atomic E-state index is 12.4. The highest BCUT2D eigenvalue weighted by atomic mass is 79.9. The van der Waals surface area contributed by atoms with Crippen molar-refractivity contribution >= 4 is 44.4 Å². The van der Waals surface area contributed by atoms with Gasteiger partial charge in [0.15, 0.2) is 5.65 Å². The van der Waals surface area contributed by atoms with Gasteiger partial charge in [0.05, 0.1) is 15.8 Å². The number of amides is 1. The van der Waals surface area contributed by atoms with Crippen molar-refractivity contribution in [1.29, 1.82) is 0 Å². The number of hydrogen-bond donors (Lipinski definition) is 3. The normalized spacial score (nSPS) is 11.5. The molecule has 0 saturated carbocycles. The molecule has 8 nitrogen and oxygen atoms in total. The smallest absolute Gasteiger partial charge is 0.225 e. The van der Waals surface area contributed by atoms with Gasteiger partial charge in [-0.2, -0.15) is 0 Å². The zero-order valence-electron chi connectivity index (χ0n) is 19.5. The maximum Gasteiger partial charge on any atom is 0.225 e. The number of nitrogen functional groups attached to an aromatic ring is 1. The minimum absolute atomic E-state index is 0.00381. The van der Waals surface area contributed by atoms with Crippen molar-refractivity contribution in [2.75, 3.05) is 31.7 Å². The Morgan fingerprint density at radius 3 is 2.76 bits per heavy atom. The van der Waals surface area contributed by atoms with Crippen molar-refractivity contribution in [2.24, 2.45) is 0 Å². The highest BCUT2D eigenvalue weighted by Gasteiger charge is 2.19. The molecule has 3 heterocycles. The summed E-state index contributed by atoms with van der Waals surface area (Å²) >= 11 is 3.42. The molecule has 0 aliphatic rings. The number of aromatic nitrogens is 4. The number of H-pyrrole nitrogens is 1. The van der Waals surface area contributed by atoms with Crippen molar-refractivity contribution < 1.29 is 4.79 Å². The highest BCUT2D eigenvalue weighted by molar-refractivity contribution is 9.10. The predicted octanol–water partition coefficient (Wildman–Crippen LogP) is 4.58. The Morgan fingerprint density at radius 2 is 2.03 bits per heavy atom. The lowest BCUT2D eigenvalue weighted by Crippen LogP contribution is -2.21. The Hall–Kier alpha value is -3.17. The molecule has 0 aliphatic carbocycles. The SMILES string of the molecule is Cc1c(NC(=O)CCN(C)C)cccc1-n1c(C)cc(-c2nc3ncc(Br)c(N)c3[nH]2)c1C. The molecule has 0 unspecified atom stereocenters. The monoisotopic (exact) mass is 509 g/mol. The summed E-state index contributed by atoms with van der Waals surface area (Å²) in [4.78, 5) is 26.8. The van der Waals surface area contributed by atoms with Gasteiger partial charge in [-0.15, -0.1) is 0 Å². The third-order valence-corrected chi connectivity index (χ3v) is 6.44. The highest BCUT2D eigenvalue weighted by Crippen LogP contribution is 2.33. The van der Waals surface area contributed by atoms with Gasteiger partial charge < -0.3 is 25.5 Å². The maximum absolute atomic E-state index is 12.4. The molecular weight excluding hydrogens is 482 g/mol. The molecule has 4 N–H and O–H groups in total. The minimum Gasteiger partial charge on any atom is -0.396 e. The number of nitrogens with two attached hydrogens (primary N) is 1. The van der Waals surface area contributed by atoms with Gasteiger partial charge in [-0.1, -0.05) is 6.07 Å². The molecule has 0 radical (unpaired) electrons. The second kappa shape index (κ2) is 8.99. The summed E-state index contributed by atoms with van der Waals surface area (Å²) < 4.78 is 2.91. The first-order valence-corrected chi connectivity index (χ1v) is 11.5. The van der Waals surface area contributed by atoms with Crippen LogP contribution in [0.3, 0.4) is 0 Å². The number of carbonyl (C=O) groups excluding carboxylic acids is 1. The van der Waals surface area contributed by atoms with E-state index in [-0.39, 0.29) is 5.91 Å². The van der Waals surface area contributed by atoms with Crippen molar-refractivity contribution in [3.63, 3.8) is 0 Å². The van der Waals surface area contributed by atoms with Gasteiger partial charge in [0.25, 0.3) is 0 Å². The molecule has 1 amide bonds. The Kier molecular flexibility index (Phi) is 6.27. The van der Waals surface area contributed by atoms with E-state index >= 15 is 0 Å². The summed E-state index contributed by atoms with van der Waals surface area (Å²) in [6, 6.07) is 8.06. The lowest BCUT2D eigenvalue weighted by atomic mass is 10.1. The van der Waals surface area contributed by atoms with Crippen LogP contribution in [0.1, 0.15) is 23.4 Å². The number of benzene rings is 1. The standard InChI is InChI=1S/C24H28BrN7O/c1-13-11-16(23-29-22-21(26)17(25)12-27-24(22)30-23)15(3)32(13)19-8-6-7-18(14(19)2)28-20(33)9-10-31(4)5/h6-8,11-12H,9-10H2,1-5H3,(H,28,33)(H3,26,27,29,30). The molecule has 1 aromatic carbocycles. The van der Waals surface area contributed by atoms with E-state index in [9.17, 15) is 4.79 Å². The van der Waals surface area contributed by atoms with Crippen LogP contribution in [0.2, 0.25) is 0 Å². The number of rotatable bonds is 6. The number of aromatic amines is 1. The number of anilines is 2. The van der Waals surface area contributed by atoms with E-state index in [4.69, 9.17) is 5.73 Å². The fourth-order valence-corrected chi connectivity index (χ4v) is 4.29. The van der Waals surface area contributed by atoms with E-state index in [1.165, 1.54) is 0 Å². The van der Waals surface area contributed by atoms with Crippen molar-refractivity contribution in [2.45, 2.75) is 27.2 Å². The Balaban J connectivity index is 1.72. The van der Waals surface area contributed by atoms with Gasteiger partial charge >= 0.3 is 0 Å². The molecule has 0 fully saturated rings. The summed E-state index contributed by atoms with van der Waals surface area (Å²) in [5.74, 6) is 0.719. The van der Waals surface area contributed by atoms with Crippen LogP contribution in [0.5, 0.6) is 0 Å². The first kappa shape index (κ1) is 23.0. The van der Waals surface area contributed by atoms with Crippen molar-refractivity contribution in [3.8, 4) is 17.1 Å². The molecule has 0 aliphatic heterocycles. The van der Waals surface area contributed by atoms with Crippen LogP contribution < -0.4 is 11.1 Å². The number of imidazole rings is 1. The second-order valence-corrected chi connectivity index (χ2v) is 9.33. The zero-order chi connectivity index (χ0) is 23.9. The third kappa shape index (κ3) is 4.38. The van der Waals surface area contributed by atoms with E-state index in [1.54, 1.807) is 6.20 Å². The molecule has 4 rings (SSSR count). The molecule has 0 bridgehead atoms. The lowest BCUT2D eigenvalue weighted by Gasteiger charge is -2.17. The second-order valence-electron chi connectivity index (χ2n) is 8.48. The predicted molar refractivity (Wildman–Crippen MR) is 137 cm³/mol. The van der Waals surface area contributed by atoms with Crippen LogP contribution in [-0.2, 0) is 4.79 Å². The van der Waals surface area contributed by atoms with Crippen LogP contribution in [0.25, 0.3) is 28.2 Å². The van der Waals surface area contributed by atoms with Gasteiger partial charge in [-0.05, 0) is 74.6 Å². The van der Waals surface area contributed by atoms with Gasteiger partial charge in [-0.3, -0.25) is 4.79 Å². The fourth-order valence-electron chi connectivity index (χ4n) is 3.99. The van der Waals surface area contributed by atoms with Crippen molar-refractivity contribution in [3.05, 3.63) is 51.9 Å². The zero-order valence-corrected chi connectivity index (χ0v) is 21.0. The van der Waals surface area contributed by atoms with E-state index in [0.29, 0.717) is 35.6 Å². The molecule has 33 heavy (non-hydrogen) atoms. The van der Waals surface area contributed by atoms with Crippen molar-refractivity contribution in [1.82, 2.24) is 24.4 Å². The largest absolute Gasteiger partial charge is 0.396 e. The topological polar surface area (TPSA) is 105 Å². The van der Waals surface area contributed by atoms with Crippen LogP contribution in [-0.4, -0.2) is 51.0 Å². The summed E-state index contributed by atoms with van der Waals surface area (Å²) in [7, 11) is 3.92. The Labute approximate surface area is 201 Å². The molecule has 0 atom stereocenters. The Morgan fingerprint density at radius 1 is 1.27 bits per heavy atom. The number of nitrogens with zero attached hydrogens (tertiary/aromatic N) is 4. The van der Waals surface area contributed by atoms with E-state index in [1.807, 2.05) is 38.1 Å². The van der Waals surface area contributed by atoms with Crippen LogP contribution >= 0.6 is 15.9 Å². The first-order chi connectivity index (χ1) is 15.7. The summed E-state index contributed by atoms with van der Waals surface area (Å²) in [5, 5.41) is 3.06. The Bertz CT molecular complexity index is 1350. The first-order valence-electron chi connectivity index (χ1n) is 10.7. The molecule has 4 aromatic rings. The molecule has 0 spiro atoms. The third-order valence-electron chi connectivity index (χ3n) is 5.80. The van der Waals surface area contributed by atoms with Crippen LogP contribution in [0.4, 0.5) is 11.4 Å². The minimum atomic E-state index is 0.00381. The average molecular weight is 510 g/mol. The molecule has 9 heteroatoms. The summed E-state index contributed by atoms with van der Waals surface area (Å²) in [6.45, 7) is 6.85. The van der Waals surface area contributed by atoms with Crippen LogP contribution in [0.15, 0.2) is 34.9 Å². The molecule has 3 aromatic heterocycles. The van der Waals surface area contributed by atoms with Gasteiger partial charge in [-0.25, -0.2) is 9.97 Å². The van der Waals surface area contributed by atoms with Crippen LogP contribution in [0, 0.1) is 20.8 Å². The quantitative estimate of drug-likeness (QED) is 0.352. The number of aryl methyl sites for hydroxylation is 1. The summed E-state index contributed by atoms with van der Waals surface area (Å²) in [5.41, 5.74) is 14.0. The number of nitrogens with one attached hydrogen (secondary N) is 2. The average Bonchev–Trinajstić information content (AvgIpc) is 3.32. The molecule has 172 valence electrons. The number of pyridine rings is 1. The molecule has 0 saturated heterocycles. The number of halogens is 1. The number of fused-ring (bicyclic) bond motifs is 1. The summed E-state index contributed by atoms with van der Waals surface area (Å²) in [6.07, 6.45) is 2.11. The van der Waals surface area contributed by atoms with Gasteiger partial charge in [0.1, 0.15) is 11.3 Å². The number of carbonyl (C=O) groups is 1. The van der Waals surface area contributed by atoms with Gasteiger partial charge in [0.2, 0.25) is 5.91 Å². The van der Waals surface area contributed by atoms with E-state index < -0.39 is 0 Å². The van der Waals surface area contributed by atoms with Gasteiger partial charge in [0, 0.05) is 41.8 Å². The van der Waals surface area contributed by atoms with E-state index in [0.717, 1.165) is 38.4 Å². The fraction of sp³-hybridized carbons (Fsp3) is 0.292. The number of hydrogen-bond acceptors (Lipinski definition) is 5. The lowest BCUT2D eigenvalue weighted by molar-refractivity contribution is -0.116. The van der Waals surface area contributed by atoms with E-state index in [2.05, 4.69) is 66.7 Å².